The molecular weight excluding hydrogens is 232 g/mol. The highest BCUT2D eigenvalue weighted by molar-refractivity contribution is 8.13. The normalized spacial score (nSPS) is 18.9. The fourth-order valence-electron chi connectivity index (χ4n) is 1.08. The fourth-order valence-corrected chi connectivity index (χ4v) is 1.72. The van der Waals surface area contributed by atoms with Crippen molar-refractivity contribution in [2.75, 3.05) is 13.2 Å². The van der Waals surface area contributed by atoms with Gasteiger partial charge in [-0.15, -0.1) is 0 Å². The van der Waals surface area contributed by atoms with E-state index in [2.05, 4.69) is 9.97 Å². The lowest BCUT2D eigenvalue weighted by Gasteiger charge is -2.03. The topological polar surface area (TPSA) is 81.3 Å². The highest BCUT2D eigenvalue weighted by Crippen LogP contribution is 2.22. The van der Waals surface area contributed by atoms with Crippen LogP contribution in [0.5, 0.6) is 0 Å². The van der Waals surface area contributed by atoms with Crippen LogP contribution >= 0.6 is 10.7 Å². The quantitative estimate of drug-likeness (QED) is 0.754. The van der Waals surface area contributed by atoms with Gasteiger partial charge in [0.05, 0.1) is 19.4 Å². The molecule has 1 aromatic heterocycles. The molecule has 0 bridgehead atoms. The van der Waals surface area contributed by atoms with Crippen LogP contribution in [0.15, 0.2) is 11.2 Å². The molecule has 0 aliphatic carbocycles. The minimum atomic E-state index is -3.77. The van der Waals surface area contributed by atoms with Crippen LogP contribution in [0.25, 0.3) is 0 Å². The van der Waals surface area contributed by atoms with Crippen LogP contribution < -0.4 is 0 Å². The van der Waals surface area contributed by atoms with E-state index in [1.165, 1.54) is 0 Å². The summed E-state index contributed by atoms with van der Waals surface area (Å²) >= 11 is 0. The second-order valence-corrected chi connectivity index (χ2v) is 5.18. The molecule has 2 rings (SSSR count). The van der Waals surface area contributed by atoms with Crippen LogP contribution in [0.1, 0.15) is 12.1 Å². The van der Waals surface area contributed by atoms with E-state index in [-0.39, 0.29) is 5.03 Å². The van der Waals surface area contributed by atoms with Crippen molar-refractivity contribution in [3.05, 3.63) is 12.0 Å². The predicted octanol–water partition coefficient (Wildman–Crippen LogP) is 0.383. The van der Waals surface area contributed by atoms with Gasteiger partial charge >= 0.3 is 0 Å². The number of rotatable bonds is 2. The zero-order valence-corrected chi connectivity index (χ0v) is 8.51. The summed E-state index contributed by atoms with van der Waals surface area (Å²) in [5.41, 5.74) is 0. The average molecular weight is 239 g/mol. The highest BCUT2D eigenvalue weighted by atomic mass is 35.7. The van der Waals surface area contributed by atoms with E-state index in [9.17, 15) is 8.42 Å². The van der Waals surface area contributed by atoms with Gasteiger partial charge < -0.3 is 14.5 Å². The van der Waals surface area contributed by atoms with Gasteiger partial charge in [-0.25, -0.2) is 13.4 Å². The van der Waals surface area contributed by atoms with E-state index in [4.69, 9.17) is 20.2 Å². The standard InChI is InChI=1S/C6H7ClN2O4S/c7-14(10,11)4-3-8-5(9-4)6-12-1-2-13-6/h3,6H,1-2H2,(H,8,9). The minimum absolute atomic E-state index is 0.159. The van der Waals surface area contributed by atoms with Crippen molar-refractivity contribution < 1.29 is 17.9 Å². The molecule has 0 spiro atoms. The number of hydrogen-bond acceptors (Lipinski definition) is 5. The van der Waals surface area contributed by atoms with Crippen molar-refractivity contribution in [2.24, 2.45) is 0 Å². The zero-order chi connectivity index (χ0) is 10.2. The average Bonchev–Trinajstić information content (AvgIpc) is 2.73. The molecule has 0 aromatic carbocycles. The van der Waals surface area contributed by atoms with E-state index >= 15 is 0 Å². The van der Waals surface area contributed by atoms with Crippen LogP contribution in [0, 0.1) is 0 Å². The molecule has 2 heterocycles. The lowest BCUT2D eigenvalue weighted by Crippen LogP contribution is -2.01. The summed E-state index contributed by atoms with van der Waals surface area (Å²) in [5.74, 6) is 0.307. The molecule has 6 nitrogen and oxygen atoms in total. The Hall–Kier alpha value is -0.630. The minimum Gasteiger partial charge on any atom is -0.343 e. The number of aromatic nitrogens is 2. The SMILES string of the molecule is O=S(=O)(Cl)c1cnc(C2OCCO2)[nH]1. The third kappa shape index (κ3) is 1.90. The van der Waals surface area contributed by atoms with Crippen molar-refractivity contribution in [2.45, 2.75) is 11.3 Å². The lowest BCUT2D eigenvalue weighted by molar-refractivity contribution is -0.0503. The molecular formula is C6H7ClN2O4S. The number of nitrogens with zero attached hydrogens (tertiary/aromatic N) is 1. The summed E-state index contributed by atoms with van der Waals surface area (Å²) < 4.78 is 32.0. The van der Waals surface area contributed by atoms with E-state index in [0.29, 0.717) is 19.0 Å². The van der Waals surface area contributed by atoms with Gasteiger partial charge in [-0.2, -0.15) is 0 Å². The second-order valence-electron chi connectivity index (χ2n) is 2.64. The number of nitrogens with one attached hydrogen (secondary N) is 1. The molecule has 78 valence electrons. The number of ether oxygens (including phenoxy) is 2. The van der Waals surface area contributed by atoms with Gasteiger partial charge in [-0.1, -0.05) is 0 Å². The van der Waals surface area contributed by atoms with Gasteiger partial charge in [0.2, 0.25) is 6.29 Å². The molecule has 1 aromatic rings. The first-order valence-electron chi connectivity index (χ1n) is 3.80. The van der Waals surface area contributed by atoms with Gasteiger partial charge in [0.1, 0.15) is 0 Å². The maximum Gasteiger partial charge on any atom is 0.278 e. The number of aromatic amines is 1. The van der Waals surface area contributed by atoms with Gasteiger partial charge in [-0.3, -0.25) is 0 Å². The monoisotopic (exact) mass is 238 g/mol. The Morgan fingerprint density at radius 3 is 2.64 bits per heavy atom. The second kappa shape index (κ2) is 3.50. The van der Waals surface area contributed by atoms with Crippen LogP contribution in [0.3, 0.4) is 0 Å². The molecule has 1 aliphatic heterocycles. The molecule has 14 heavy (non-hydrogen) atoms. The summed E-state index contributed by atoms with van der Waals surface area (Å²) in [5, 5.41) is -0.159. The van der Waals surface area contributed by atoms with E-state index in [1.807, 2.05) is 0 Å². The molecule has 1 aliphatic rings. The fraction of sp³-hybridized carbons (Fsp3) is 0.500. The number of imidazole rings is 1. The zero-order valence-electron chi connectivity index (χ0n) is 6.94. The Morgan fingerprint density at radius 2 is 2.14 bits per heavy atom. The van der Waals surface area contributed by atoms with E-state index in [1.54, 1.807) is 0 Å². The van der Waals surface area contributed by atoms with Crippen molar-refractivity contribution in [1.29, 1.82) is 0 Å². The van der Waals surface area contributed by atoms with Crippen molar-refractivity contribution in [3.8, 4) is 0 Å². The summed E-state index contributed by atoms with van der Waals surface area (Å²) in [7, 11) is 1.33. The Labute approximate surface area is 84.6 Å². The number of hydrogen-bond donors (Lipinski definition) is 1. The van der Waals surface area contributed by atoms with Crippen LogP contribution in [0.4, 0.5) is 0 Å². The molecule has 1 N–H and O–H groups in total. The third-order valence-electron chi connectivity index (χ3n) is 1.68. The van der Waals surface area contributed by atoms with Gasteiger partial charge in [-0.05, 0) is 0 Å². The Bertz CT molecular complexity index is 423. The summed E-state index contributed by atoms with van der Waals surface area (Å²) in [4.78, 5) is 6.31. The van der Waals surface area contributed by atoms with Crippen LogP contribution in [-0.4, -0.2) is 31.6 Å². The molecule has 0 amide bonds. The molecule has 8 heteroatoms. The first-order valence-corrected chi connectivity index (χ1v) is 6.11. The highest BCUT2D eigenvalue weighted by Gasteiger charge is 2.23. The molecule has 1 saturated heterocycles. The molecule has 1 fully saturated rings. The van der Waals surface area contributed by atoms with Crippen molar-refractivity contribution in [3.63, 3.8) is 0 Å². The molecule has 0 atom stereocenters. The summed E-state index contributed by atoms with van der Waals surface area (Å²) in [6, 6.07) is 0. The molecule has 0 unspecified atom stereocenters. The number of halogens is 1. The molecule has 0 radical (unpaired) electrons. The summed E-state index contributed by atoms with van der Waals surface area (Å²) in [6.45, 7) is 0.933. The van der Waals surface area contributed by atoms with E-state index < -0.39 is 15.3 Å². The van der Waals surface area contributed by atoms with Crippen LogP contribution in [0.2, 0.25) is 0 Å². The maximum absolute atomic E-state index is 10.9. The lowest BCUT2D eigenvalue weighted by atomic mass is 10.6. The smallest absolute Gasteiger partial charge is 0.278 e. The Kier molecular flexibility index (Phi) is 2.48. The van der Waals surface area contributed by atoms with Crippen molar-refractivity contribution in [1.82, 2.24) is 9.97 Å². The van der Waals surface area contributed by atoms with Crippen LogP contribution in [-0.2, 0) is 18.5 Å². The summed E-state index contributed by atoms with van der Waals surface area (Å²) in [6.07, 6.45) is 0.505. The Morgan fingerprint density at radius 1 is 1.50 bits per heavy atom. The predicted molar refractivity (Wildman–Crippen MR) is 46.3 cm³/mol. The van der Waals surface area contributed by atoms with Gasteiger partial charge in [0, 0.05) is 10.7 Å². The first kappa shape index (κ1) is 9.91. The Balaban J connectivity index is 2.25. The van der Waals surface area contributed by atoms with Crippen molar-refractivity contribution >= 4 is 19.7 Å². The maximum atomic E-state index is 10.9. The largest absolute Gasteiger partial charge is 0.343 e. The third-order valence-corrected chi connectivity index (χ3v) is 2.91. The van der Waals surface area contributed by atoms with E-state index in [0.717, 1.165) is 6.20 Å². The first-order chi connectivity index (χ1) is 6.57. The number of H-pyrrole nitrogens is 1. The van der Waals surface area contributed by atoms with Gasteiger partial charge in [0.25, 0.3) is 9.05 Å². The van der Waals surface area contributed by atoms with Gasteiger partial charge in [0.15, 0.2) is 10.9 Å². The molecule has 0 saturated carbocycles.